The smallest absolute Gasteiger partial charge is 0.227 e. The second-order valence-corrected chi connectivity index (χ2v) is 35.0. The molecule has 6 nitrogen and oxygen atoms in total. The van der Waals surface area contributed by atoms with Crippen LogP contribution < -0.4 is 0 Å². The number of fused-ring (bicyclic) bond motifs is 32. The van der Waals surface area contributed by atoms with Gasteiger partial charge in [0.1, 0.15) is 16.6 Å². The third-order valence-corrected chi connectivity index (χ3v) is 27.8. The SMILES string of the molecule is c1ccc(-c2nc3ccc4ccc5cc(-c6cc7ccccc7c7ccccc67)ccc5c4c3o2)cc1.c1ccc(-c2nc3ccc4ccc5cc(-c6ccc7ccccc7c6)ccc5c4c3o2)cc1.c1ccc(-c2nc3ccc4ccc5ccc(-c6cc(-c7ccc8c(c7)C7(c9ccccc9-c9ccccc97)c7c-8ccc8ccccc78)c7ccccc7c6)cc5c4c3o2)cc1. The van der Waals surface area contributed by atoms with E-state index >= 15 is 0 Å². The van der Waals surface area contributed by atoms with Crippen LogP contribution in [-0.2, 0) is 5.41 Å². The maximum absolute atomic E-state index is 6.61. The van der Waals surface area contributed by atoms with E-state index in [1.807, 2.05) is 97.1 Å². The standard InChI is InChI=1S/C60H35NO.C35H21NO.C31H19NO/c1-2-13-39(14-3-1)59-61-55-31-28-38-24-22-37-23-25-40(33-51(37)56(38)58(55)62-59)43-32-41-15-5-6-16-44(41)50(34-43)42-27-29-48-49-30-26-36-12-4-7-17-45(36)57(49)60(54(48)35-42)52-20-10-8-18-46(52)47-19-9-11-21-53(47)60;1-2-8-23(9-3-1)35-36-32-19-17-22-14-15-25-20-26(16-18-28(25)33(22)34(32)37-35)31-21-24-10-4-5-11-27(24)29-12-6-7-13-30(29)31;1-2-7-22(8-3-1)31-32-28-17-15-21-11-13-26-19-25(14-16-27(26)29(21)30(28)33-31)24-12-10-20-6-4-5-9-23(20)18-24/h1-35H;1-21H;1-19H. The molecule has 0 fully saturated rings. The molecule has 612 valence electrons. The number of nitrogens with zero attached hydrogens (tertiary/aromatic N) is 3. The van der Waals surface area contributed by atoms with Crippen molar-refractivity contribution in [3.05, 3.63) is 477 Å². The highest BCUT2D eigenvalue weighted by Gasteiger charge is 2.52. The van der Waals surface area contributed by atoms with Gasteiger partial charge in [-0.1, -0.05) is 352 Å². The van der Waals surface area contributed by atoms with Crippen LogP contribution in [0.1, 0.15) is 22.3 Å². The van der Waals surface area contributed by atoms with Crippen LogP contribution in [0.15, 0.2) is 468 Å². The second-order valence-electron chi connectivity index (χ2n) is 35.0. The maximum atomic E-state index is 6.61. The molecule has 0 bridgehead atoms. The third kappa shape index (κ3) is 11.9. The van der Waals surface area contributed by atoms with Crippen molar-refractivity contribution in [1.29, 1.82) is 0 Å². The fourth-order valence-corrected chi connectivity index (χ4v) is 21.7. The Hall–Kier alpha value is -17.5. The molecule has 3 heterocycles. The minimum Gasteiger partial charge on any atom is -0.435 e. The Kier molecular flexibility index (Phi) is 16.9. The molecule has 29 rings (SSSR count). The first-order chi connectivity index (χ1) is 65.4. The third-order valence-electron chi connectivity index (χ3n) is 27.8. The van der Waals surface area contributed by atoms with E-state index in [0.29, 0.717) is 17.7 Å². The van der Waals surface area contributed by atoms with Gasteiger partial charge in [0.05, 0.1) is 5.41 Å². The fourth-order valence-electron chi connectivity index (χ4n) is 21.7. The predicted molar refractivity (Wildman–Crippen MR) is 549 cm³/mol. The van der Waals surface area contributed by atoms with Crippen LogP contribution in [0, 0.1) is 0 Å². The molecule has 2 aliphatic carbocycles. The molecular weight excluding hydrogens is 1600 g/mol. The van der Waals surface area contributed by atoms with Gasteiger partial charge in [-0.05, 0) is 294 Å². The number of rotatable bonds is 7. The van der Waals surface area contributed by atoms with Crippen LogP contribution in [0.25, 0.3) is 253 Å². The number of hydrogen-bond donors (Lipinski definition) is 0. The van der Waals surface area contributed by atoms with E-state index in [-0.39, 0.29) is 0 Å². The van der Waals surface area contributed by atoms with Crippen LogP contribution >= 0.6 is 0 Å². The van der Waals surface area contributed by atoms with E-state index in [0.717, 1.165) is 93.3 Å². The molecule has 0 atom stereocenters. The molecule has 3 aromatic heterocycles. The summed E-state index contributed by atoms with van der Waals surface area (Å²) in [6, 6.07) is 164. The van der Waals surface area contributed by atoms with Gasteiger partial charge in [-0.15, -0.1) is 0 Å². The lowest BCUT2D eigenvalue weighted by atomic mass is 9.69. The predicted octanol–water partition coefficient (Wildman–Crippen LogP) is 34.2. The Morgan fingerprint density at radius 1 is 0.159 bits per heavy atom. The number of hydrogen-bond acceptors (Lipinski definition) is 6. The van der Waals surface area contributed by atoms with Crippen molar-refractivity contribution in [3.63, 3.8) is 0 Å². The first kappa shape index (κ1) is 74.8. The molecule has 0 unspecified atom stereocenters. The van der Waals surface area contributed by atoms with Gasteiger partial charge in [-0.3, -0.25) is 0 Å². The quantitative estimate of drug-likeness (QED) is 0.148. The lowest BCUT2D eigenvalue weighted by Gasteiger charge is -2.31. The molecule has 24 aromatic carbocycles. The number of benzene rings is 24. The fraction of sp³-hybridized carbons (Fsp3) is 0.00794. The van der Waals surface area contributed by atoms with E-state index in [1.54, 1.807) is 0 Å². The van der Waals surface area contributed by atoms with Crippen LogP contribution in [0.2, 0.25) is 0 Å². The first-order valence-corrected chi connectivity index (χ1v) is 45.1. The molecule has 6 heteroatoms. The van der Waals surface area contributed by atoms with Gasteiger partial charge in [-0.2, -0.15) is 0 Å². The molecule has 0 aliphatic heterocycles. The largest absolute Gasteiger partial charge is 0.435 e. The molecule has 0 saturated heterocycles. The summed E-state index contributed by atoms with van der Waals surface area (Å²) in [7, 11) is 0. The summed E-state index contributed by atoms with van der Waals surface area (Å²) in [5.74, 6) is 1.94. The molecular formula is C126H75N3O3. The molecule has 1 spiro atoms. The van der Waals surface area contributed by atoms with E-state index in [4.69, 9.17) is 28.2 Å². The van der Waals surface area contributed by atoms with E-state index < -0.39 is 5.41 Å². The Morgan fingerprint density at radius 2 is 0.508 bits per heavy atom. The molecule has 132 heavy (non-hydrogen) atoms. The van der Waals surface area contributed by atoms with Gasteiger partial charge in [0.25, 0.3) is 0 Å². The summed E-state index contributed by atoms with van der Waals surface area (Å²) in [4.78, 5) is 14.5. The van der Waals surface area contributed by atoms with E-state index in [9.17, 15) is 0 Å². The highest BCUT2D eigenvalue weighted by molar-refractivity contribution is 6.23. The van der Waals surface area contributed by atoms with Crippen molar-refractivity contribution >= 4 is 152 Å². The zero-order valence-corrected chi connectivity index (χ0v) is 71.4. The molecule has 0 saturated carbocycles. The van der Waals surface area contributed by atoms with Crippen LogP contribution in [-0.4, -0.2) is 15.0 Å². The Labute approximate surface area is 758 Å². The van der Waals surface area contributed by atoms with Crippen LogP contribution in [0.3, 0.4) is 0 Å². The molecule has 2 aliphatic rings. The molecule has 27 aromatic rings. The van der Waals surface area contributed by atoms with Gasteiger partial charge in [0.15, 0.2) is 16.7 Å². The summed E-state index contributed by atoms with van der Waals surface area (Å²) >= 11 is 0. The summed E-state index contributed by atoms with van der Waals surface area (Å²) < 4.78 is 19.3. The number of oxazole rings is 3. The van der Waals surface area contributed by atoms with Gasteiger partial charge in [0, 0.05) is 32.8 Å². The Morgan fingerprint density at radius 3 is 1.10 bits per heavy atom. The Bertz CT molecular complexity index is 9450. The van der Waals surface area contributed by atoms with E-state index in [1.165, 1.54) is 164 Å². The van der Waals surface area contributed by atoms with Crippen LogP contribution in [0.4, 0.5) is 0 Å². The summed E-state index contributed by atoms with van der Waals surface area (Å²) in [5.41, 5.74) is 27.9. The first-order valence-electron chi connectivity index (χ1n) is 45.1. The van der Waals surface area contributed by atoms with Gasteiger partial charge < -0.3 is 13.3 Å². The zero-order chi connectivity index (χ0) is 86.6. The average molecular weight is 1680 g/mol. The van der Waals surface area contributed by atoms with Crippen molar-refractivity contribution in [2.45, 2.75) is 5.41 Å². The van der Waals surface area contributed by atoms with Crippen molar-refractivity contribution in [3.8, 4) is 101 Å². The molecule has 0 N–H and O–H groups in total. The maximum Gasteiger partial charge on any atom is 0.227 e. The summed E-state index contributed by atoms with van der Waals surface area (Å²) in [5, 5.41) is 26.4. The summed E-state index contributed by atoms with van der Waals surface area (Å²) in [6.07, 6.45) is 0. The van der Waals surface area contributed by atoms with Crippen molar-refractivity contribution in [2.75, 3.05) is 0 Å². The van der Waals surface area contributed by atoms with Gasteiger partial charge >= 0.3 is 0 Å². The average Bonchev–Trinajstić information content (AvgIpc) is 1.50. The number of aromatic nitrogens is 3. The lowest BCUT2D eigenvalue weighted by Crippen LogP contribution is -2.26. The van der Waals surface area contributed by atoms with Gasteiger partial charge in [0.2, 0.25) is 17.7 Å². The highest BCUT2D eigenvalue weighted by atomic mass is 16.4. The monoisotopic (exact) mass is 1680 g/mol. The molecule has 0 radical (unpaired) electrons. The minimum atomic E-state index is -0.464. The normalized spacial score (nSPS) is 12.5. The zero-order valence-electron chi connectivity index (χ0n) is 71.4. The van der Waals surface area contributed by atoms with Crippen molar-refractivity contribution < 1.29 is 13.3 Å². The second kappa shape index (κ2) is 29.8. The Balaban J connectivity index is 0.000000109. The highest BCUT2D eigenvalue weighted by Crippen LogP contribution is 2.65. The van der Waals surface area contributed by atoms with Crippen molar-refractivity contribution in [1.82, 2.24) is 15.0 Å². The lowest BCUT2D eigenvalue weighted by molar-refractivity contribution is 0.623. The van der Waals surface area contributed by atoms with E-state index in [2.05, 4.69) is 358 Å². The van der Waals surface area contributed by atoms with Crippen molar-refractivity contribution in [2.24, 2.45) is 0 Å². The molecule has 0 amide bonds. The topological polar surface area (TPSA) is 78.1 Å². The van der Waals surface area contributed by atoms with Gasteiger partial charge in [-0.25, -0.2) is 15.0 Å². The minimum absolute atomic E-state index is 0.464. The van der Waals surface area contributed by atoms with Crippen LogP contribution in [0.5, 0.6) is 0 Å². The summed E-state index contributed by atoms with van der Waals surface area (Å²) in [6.45, 7) is 0.